The van der Waals surface area contributed by atoms with Crippen molar-refractivity contribution in [3.63, 3.8) is 0 Å². The van der Waals surface area contributed by atoms with Crippen molar-refractivity contribution in [2.24, 2.45) is 0 Å². The highest BCUT2D eigenvalue weighted by Crippen LogP contribution is 2.47. The van der Waals surface area contributed by atoms with Gasteiger partial charge in [0.1, 0.15) is 30.7 Å². The Hall–Kier alpha value is -2.67. The molecule has 0 saturated carbocycles. The minimum absolute atomic E-state index is 0.828. The molecule has 0 radical (unpaired) electrons. The van der Waals surface area contributed by atoms with Gasteiger partial charge in [-0.05, 0) is 56.2 Å². The molecule has 0 saturated heterocycles. The Labute approximate surface area is 205 Å². The molecule has 182 valence electrons. The van der Waals surface area contributed by atoms with Gasteiger partial charge in [-0.15, -0.1) is 0 Å². The summed E-state index contributed by atoms with van der Waals surface area (Å²) in [6.07, 6.45) is 9.10. The van der Waals surface area contributed by atoms with E-state index in [-0.39, 0.29) is 0 Å². The molecule has 2 aromatic rings. The van der Waals surface area contributed by atoms with Crippen LogP contribution in [0.1, 0.15) is 53.5 Å². The molecule has 9 heteroatoms. The van der Waals surface area contributed by atoms with Gasteiger partial charge in [0.25, 0.3) is 0 Å². The Morgan fingerprint density at radius 3 is 2.31 bits per heavy atom. The van der Waals surface area contributed by atoms with E-state index in [1.165, 1.54) is 59.0 Å². The number of anilines is 1. The van der Waals surface area contributed by atoms with Gasteiger partial charge in [0.2, 0.25) is 5.36 Å². The number of aryl methyl sites for hydroxylation is 2. The van der Waals surface area contributed by atoms with E-state index in [1.54, 1.807) is 0 Å². The third-order valence-corrected chi connectivity index (χ3v) is 7.80. The van der Waals surface area contributed by atoms with Gasteiger partial charge in [-0.2, -0.15) is 19.2 Å². The molecule has 0 spiro atoms. The van der Waals surface area contributed by atoms with E-state index in [0.29, 0.717) is 0 Å². The maximum Gasteiger partial charge on any atom is 0.210 e. The molecule has 5 aliphatic heterocycles. The number of nitrogens with zero attached hydrogens (tertiary/aromatic N) is 3. The molecule has 0 aliphatic carbocycles. The third-order valence-electron chi connectivity index (χ3n) is 7.80. The van der Waals surface area contributed by atoms with Gasteiger partial charge >= 0.3 is 0 Å². The maximum absolute atomic E-state index is 10.3. The van der Waals surface area contributed by atoms with Crippen molar-refractivity contribution in [2.45, 2.75) is 51.4 Å². The lowest BCUT2D eigenvalue weighted by Crippen LogP contribution is -2.58. The van der Waals surface area contributed by atoms with Gasteiger partial charge in [0.15, 0.2) is 0 Å². The van der Waals surface area contributed by atoms with Gasteiger partial charge in [-0.1, -0.05) is 0 Å². The molecule has 0 amide bonds. The summed E-state index contributed by atoms with van der Waals surface area (Å²) in [5, 5.41) is 12.7. The van der Waals surface area contributed by atoms with Crippen molar-refractivity contribution in [3.8, 4) is 17.6 Å². The van der Waals surface area contributed by atoms with E-state index in [1.807, 2.05) is 0 Å². The Balaban J connectivity index is 0.000000419. The second-order valence-corrected chi connectivity index (χ2v) is 10.6. The van der Waals surface area contributed by atoms with E-state index in [0.717, 1.165) is 79.7 Å². The smallest absolute Gasteiger partial charge is 0.210 e. The van der Waals surface area contributed by atoms with Crippen molar-refractivity contribution >= 4 is 11.3 Å². The second-order valence-electron chi connectivity index (χ2n) is 9.85. The SMILES string of the molecule is N#CC1=c2cc3c4c(c2Oc2c1cc1c5c2CCCN5CCC1)CCC[N+]=4CCC3.[O-][Cl+3]([O-])([O-])O. The lowest BCUT2D eigenvalue weighted by atomic mass is 9.85. The predicted octanol–water partition coefficient (Wildman–Crippen LogP) is -1.53. The normalized spacial score (nSPS) is 19.2. The lowest BCUT2D eigenvalue weighted by Gasteiger charge is -2.39. The highest BCUT2D eigenvalue weighted by molar-refractivity contribution is 5.87. The van der Waals surface area contributed by atoms with Crippen LogP contribution in [0.15, 0.2) is 12.1 Å². The molecule has 0 fully saturated rings. The first-order valence-corrected chi connectivity index (χ1v) is 13.6. The predicted molar refractivity (Wildman–Crippen MR) is 119 cm³/mol. The summed E-state index contributed by atoms with van der Waals surface area (Å²) >= 11 is 0. The third kappa shape index (κ3) is 3.88. The lowest BCUT2D eigenvalue weighted by molar-refractivity contribution is -1.92. The highest BCUT2D eigenvalue weighted by atomic mass is 35.7. The van der Waals surface area contributed by atoms with Crippen molar-refractivity contribution in [1.29, 1.82) is 5.26 Å². The number of hydrogen-bond donors (Lipinski definition) is 1. The highest BCUT2D eigenvalue weighted by Gasteiger charge is 2.35. The molecule has 1 N–H and O–H groups in total. The van der Waals surface area contributed by atoms with Crippen molar-refractivity contribution in [3.05, 3.63) is 50.5 Å². The molecule has 35 heavy (non-hydrogen) atoms. The standard InChI is InChI=1S/C26H26N3O.ClHO4/c27-15-22-20-13-16-5-1-9-28-11-3-7-18(23(16)28)25(20)30-26-19-8-4-12-29-10-2-6-17(24(19)29)14-21(22)26;2-1(3,4)5/h13-14H,1-12H2;(H,2,3,4,5)/q+1;. The van der Waals surface area contributed by atoms with Gasteiger partial charge in [-0.3, -0.25) is 0 Å². The molecular formula is C26H27ClN3O5+. The molecule has 5 aliphatic rings. The van der Waals surface area contributed by atoms with E-state index >= 15 is 0 Å². The summed E-state index contributed by atoms with van der Waals surface area (Å²) in [6, 6.07) is 7.16. The van der Waals surface area contributed by atoms with Crippen LogP contribution in [0.3, 0.4) is 0 Å². The summed E-state index contributed by atoms with van der Waals surface area (Å²) in [4.78, 5) is 2.56. The largest absolute Gasteiger partial charge is 0.455 e. The average molecular weight is 497 g/mol. The summed E-state index contributed by atoms with van der Waals surface area (Å²) in [7, 11) is -4.69. The fraction of sp³-hybridized carbons (Fsp3) is 0.462. The van der Waals surface area contributed by atoms with Crippen molar-refractivity contribution in [1.82, 2.24) is 4.58 Å². The molecule has 0 unspecified atom stereocenters. The van der Waals surface area contributed by atoms with Crippen LogP contribution in [0, 0.1) is 21.6 Å². The first-order valence-electron chi connectivity index (χ1n) is 12.3. The first-order chi connectivity index (χ1) is 16.8. The van der Waals surface area contributed by atoms with Gasteiger partial charge in [-0.25, -0.2) is 4.58 Å². The minimum atomic E-state index is -4.69. The number of rotatable bonds is 0. The van der Waals surface area contributed by atoms with Crippen LogP contribution < -0.4 is 38.8 Å². The number of benzene rings is 2. The number of ether oxygens (including phenoxy) is 1. The average Bonchev–Trinajstić information content (AvgIpc) is 2.83. The van der Waals surface area contributed by atoms with Crippen LogP contribution in [0.4, 0.5) is 5.69 Å². The quantitative estimate of drug-likeness (QED) is 0.438. The Morgan fingerprint density at radius 2 is 1.57 bits per heavy atom. The van der Waals surface area contributed by atoms with Crippen LogP contribution in [0.25, 0.3) is 5.57 Å². The van der Waals surface area contributed by atoms with E-state index in [9.17, 15) is 5.26 Å². The fourth-order valence-electron chi connectivity index (χ4n) is 6.63. The zero-order valence-corrected chi connectivity index (χ0v) is 20.2. The zero-order chi connectivity index (χ0) is 24.3. The maximum atomic E-state index is 10.3. The first kappa shape index (κ1) is 22.8. The Kier molecular flexibility index (Phi) is 5.51. The summed E-state index contributed by atoms with van der Waals surface area (Å²) in [5.41, 5.74) is 8.82. The molecule has 0 bridgehead atoms. The number of hydrogen-bond acceptors (Lipinski definition) is 7. The minimum Gasteiger partial charge on any atom is -0.455 e. The summed E-state index contributed by atoms with van der Waals surface area (Å²) in [6.45, 7) is 4.60. The van der Waals surface area contributed by atoms with Crippen LogP contribution in [-0.4, -0.2) is 30.8 Å². The van der Waals surface area contributed by atoms with Crippen LogP contribution in [0.2, 0.25) is 0 Å². The number of nitriles is 1. The monoisotopic (exact) mass is 496 g/mol. The number of fused-ring (bicyclic) bond motifs is 4. The Bertz CT molecular complexity index is 1390. The van der Waals surface area contributed by atoms with Crippen LogP contribution in [-0.2, 0) is 25.7 Å². The Morgan fingerprint density at radius 1 is 0.914 bits per heavy atom. The summed E-state index contributed by atoms with van der Waals surface area (Å²) in [5.74, 6) is 1.96. The van der Waals surface area contributed by atoms with E-state index in [4.69, 9.17) is 23.4 Å². The van der Waals surface area contributed by atoms with Crippen LogP contribution >= 0.6 is 0 Å². The molecular weight excluding hydrogens is 470 g/mol. The van der Waals surface area contributed by atoms with E-state index < -0.39 is 10.2 Å². The van der Waals surface area contributed by atoms with Gasteiger partial charge < -0.3 is 9.64 Å². The molecule has 7 rings (SSSR count). The fourth-order valence-corrected chi connectivity index (χ4v) is 6.63. The molecule has 0 atom stereocenters. The molecule has 5 heterocycles. The van der Waals surface area contributed by atoms with Gasteiger partial charge in [0, 0.05) is 53.5 Å². The van der Waals surface area contributed by atoms with E-state index in [2.05, 4.69) is 27.7 Å². The zero-order valence-electron chi connectivity index (χ0n) is 19.4. The van der Waals surface area contributed by atoms with Crippen molar-refractivity contribution < 1.29 is 33.6 Å². The van der Waals surface area contributed by atoms with Crippen molar-refractivity contribution in [2.75, 3.05) is 31.1 Å². The topological polar surface area (TPSA) is 129 Å². The molecule has 2 aromatic carbocycles. The molecule has 8 nitrogen and oxygen atoms in total. The van der Waals surface area contributed by atoms with Gasteiger partial charge in [0.05, 0.1) is 26.0 Å². The molecule has 0 aromatic heterocycles. The summed E-state index contributed by atoms with van der Waals surface area (Å²) < 4.78 is 42.1. The van der Waals surface area contributed by atoms with Crippen LogP contribution in [0.5, 0.6) is 11.5 Å². The number of halogens is 1. The second kappa shape index (κ2) is 8.47.